The van der Waals surface area contributed by atoms with E-state index in [4.69, 9.17) is 0 Å². The fraction of sp³-hybridized carbons (Fsp3) is 0.125. The summed E-state index contributed by atoms with van der Waals surface area (Å²) in [4.78, 5) is 14.5. The Kier molecular flexibility index (Phi) is 7.63. The van der Waals surface area contributed by atoms with Gasteiger partial charge in [-0.05, 0) is 158 Å². The minimum Gasteiger partial charge on any atom is -0.308 e. The number of hydrogen-bond acceptors (Lipinski definition) is 2. The van der Waals surface area contributed by atoms with Crippen LogP contribution in [0.5, 0.6) is 0 Å². The van der Waals surface area contributed by atoms with E-state index in [0.717, 1.165) is 75.6 Å². The van der Waals surface area contributed by atoms with Gasteiger partial charge >= 0.3 is 0 Å². The first-order valence-corrected chi connectivity index (χ1v) is 24.0. The lowest BCUT2D eigenvalue weighted by Crippen LogP contribution is -2.28. The van der Waals surface area contributed by atoms with Crippen LogP contribution in [0.2, 0.25) is 0 Å². The van der Waals surface area contributed by atoms with E-state index >= 15 is 0 Å². The summed E-state index contributed by atoms with van der Waals surface area (Å²) in [5.41, 5.74) is 23.1. The summed E-state index contributed by atoms with van der Waals surface area (Å²) in [6, 6.07) is 69.7. The number of nitriles is 1. The largest absolute Gasteiger partial charge is 0.308 e. The number of ketones is 1. The predicted molar refractivity (Wildman–Crippen MR) is 271 cm³/mol. The Balaban J connectivity index is 1.13. The van der Waals surface area contributed by atoms with Crippen LogP contribution in [0.25, 0.3) is 82.6 Å². The Morgan fingerprint density at radius 2 is 0.955 bits per heavy atom. The minimum absolute atomic E-state index is 0.0394. The molecule has 9 aromatic carbocycles. The predicted octanol–water partition coefficient (Wildman–Crippen LogP) is 15.8. The van der Waals surface area contributed by atoms with Crippen LogP contribution in [0, 0.1) is 17.2 Å². The van der Waals surface area contributed by atoms with Crippen molar-refractivity contribution in [3.05, 3.63) is 232 Å². The van der Waals surface area contributed by atoms with Crippen LogP contribution < -0.4 is 0 Å². The van der Waals surface area contributed by atoms with E-state index in [-0.39, 0.29) is 17.8 Å². The average molecular weight is 855 g/mol. The molecule has 0 unspecified atom stereocenters. The fourth-order valence-corrected chi connectivity index (χ4v) is 13.6. The molecule has 2 aromatic heterocycles. The summed E-state index contributed by atoms with van der Waals surface area (Å²) in [6.45, 7) is 0. The smallest absolute Gasteiger partial charge is 0.166 e. The van der Waals surface area contributed by atoms with Crippen LogP contribution in [0.3, 0.4) is 0 Å². The zero-order valence-corrected chi connectivity index (χ0v) is 36.8. The number of fused-ring (bicyclic) bond motifs is 8. The molecule has 2 heterocycles. The monoisotopic (exact) mass is 854 g/mol. The van der Waals surface area contributed by atoms with E-state index < -0.39 is 0 Å². The molecule has 1 fully saturated rings. The fourth-order valence-electron chi connectivity index (χ4n) is 13.6. The van der Waals surface area contributed by atoms with E-state index in [1.807, 2.05) is 0 Å². The van der Waals surface area contributed by atoms with Gasteiger partial charge in [0.05, 0.1) is 28.2 Å². The molecule has 67 heavy (non-hydrogen) atoms. The average Bonchev–Trinajstić information content (AvgIpc) is 3.82. The second-order valence-electron chi connectivity index (χ2n) is 19.6. The molecule has 6 aliphatic carbocycles. The number of rotatable bonds is 4. The first kappa shape index (κ1) is 37.2. The molecule has 3 heteroatoms. The Labute approximate surface area is 388 Å². The highest BCUT2D eigenvalue weighted by molar-refractivity contribution is 6.27. The Bertz CT molecular complexity index is 3850. The van der Waals surface area contributed by atoms with Gasteiger partial charge in [0.25, 0.3) is 0 Å². The van der Waals surface area contributed by atoms with Crippen molar-refractivity contribution in [1.29, 1.82) is 5.26 Å². The lowest BCUT2D eigenvalue weighted by atomic mass is 9.59. The van der Waals surface area contributed by atoms with Gasteiger partial charge in [0.1, 0.15) is 0 Å². The Morgan fingerprint density at radius 1 is 0.433 bits per heavy atom. The van der Waals surface area contributed by atoms with Gasteiger partial charge < -0.3 is 4.40 Å². The van der Waals surface area contributed by atoms with E-state index in [1.165, 1.54) is 82.7 Å². The Morgan fingerprint density at radius 3 is 1.54 bits per heavy atom. The first-order valence-electron chi connectivity index (χ1n) is 24.0. The molecule has 4 bridgehead atoms. The Hall–Kier alpha value is -8.06. The zero-order valence-electron chi connectivity index (χ0n) is 36.8. The molecule has 6 aliphatic rings. The maximum absolute atomic E-state index is 14.5. The standard InChI is InChI=1S/C64H42N2O/c65-35-43-32-56-61(62-58(43)59-44-20-10-12-22-46(44)60(62)47-23-13-11-21-45(47)59)54-31-42(30-52-51-33-48-39-24-26-40(27-25-39)64(67)53(48)34-55(51)66(56)63(52)54)57-49(37-16-6-2-7-17-37)28-41(36-14-4-1-5-15-36)29-50(57)38-18-8-3-9-19-38/h1-23,28-34,39-40,59-60H,24-27H2. The molecule has 0 saturated heterocycles. The molecule has 1 saturated carbocycles. The van der Waals surface area contributed by atoms with Gasteiger partial charge in [-0.15, -0.1) is 0 Å². The van der Waals surface area contributed by atoms with Gasteiger partial charge in [-0.25, -0.2) is 0 Å². The number of hydrogen-bond donors (Lipinski definition) is 0. The summed E-state index contributed by atoms with van der Waals surface area (Å²) in [7, 11) is 0. The molecule has 17 rings (SSSR count). The zero-order chi connectivity index (χ0) is 44.1. The van der Waals surface area contributed by atoms with Crippen LogP contribution in [0.15, 0.2) is 182 Å². The van der Waals surface area contributed by atoms with Crippen molar-refractivity contribution >= 4 is 43.9 Å². The highest BCUT2D eigenvalue weighted by Gasteiger charge is 2.45. The normalized spacial score (nSPS) is 18.8. The SMILES string of the molecule is N#Cc1cc2c(c3c1C1c4ccccc4C3c3ccccc31)c1cc(-c3c(-c4ccccc4)cc(-c4ccccc4)cc3-c3ccccc3)cc3c4cc5c(cc4n2c31)C(=O)C1CCC5CC1. The number of carbonyl (C=O) groups excluding carboxylic acids is 1. The quantitative estimate of drug-likeness (QED) is 0.177. The van der Waals surface area contributed by atoms with E-state index in [1.54, 1.807) is 0 Å². The van der Waals surface area contributed by atoms with Gasteiger partial charge in [0, 0.05) is 44.9 Å². The maximum atomic E-state index is 14.5. The van der Waals surface area contributed by atoms with Crippen LogP contribution in [-0.4, -0.2) is 10.2 Å². The lowest BCUT2D eigenvalue weighted by Gasteiger charge is -2.43. The molecule has 0 radical (unpaired) electrons. The van der Waals surface area contributed by atoms with Gasteiger partial charge in [-0.2, -0.15) is 5.26 Å². The van der Waals surface area contributed by atoms with Crippen LogP contribution in [0.1, 0.15) is 98.3 Å². The van der Waals surface area contributed by atoms with Gasteiger partial charge in [0.2, 0.25) is 0 Å². The van der Waals surface area contributed by atoms with Crippen molar-refractivity contribution in [1.82, 2.24) is 4.40 Å². The maximum Gasteiger partial charge on any atom is 0.166 e. The highest BCUT2D eigenvalue weighted by atomic mass is 16.1. The van der Waals surface area contributed by atoms with Crippen molar-refractivity contribution in [3.63, 3.8) is 0 Å². The molecule has 11 aromatic rings. The lowest BCUT2D eigenvalue weighted by molar-refractivity contribution is 0.0898. The molecule has 0 N–H and O–H groups in total. The minimum atomic E-state index is -0.0495. The van der Waals surface area contributed by atoms with Gasteiger partial charge in [0.15, 0.2) is 5.78 Å². The second kappa shape index (κ2) is 13.7. The third kappa shape index (κ3) is 5.03. The van der Waals surface area contributed by atoms with Crippen LogP contribution in [0.4, 0.5) is 0 Å². The highest BCUT2D eigenvalue weighted by Crippen LogP contribution is 2.60. The van der Waals surface area contributed by atoms with Crippen molar-refractivity contribution in [2.24, 2.45) is 5.92 Å². The van der Waals surface area contributed by atoms with Gasteiger partial charge in [-0.3, -0.25) is 4.79 Å². The van der Waals surface area contributed by atoms with E-state index in [9.17, 15) is 10.1 Å². The number of aromatic nitrogens is 1. The second-order valence-corrected chi connectivity index (χ2v) is 19.6. The van der Waals surface area contributed by atoms with E-state index in [2.05, 4.69) is 192 Å². The number of Topliss-reactive ketones (excluding diaryl/α,β-unsaturated/α-hetero) is 1. The summed E-state index contributed by atoms with van der Waals surface area (Å²) in [5, 5.41) is 16.0. The van der Waals surface area contributed by atoms with Gasteiger partial charge in [-0.1, -0.05) is 140 Å². The molecule has 314 valence electrons. The topological polar surface area (TPSA) is 45.3 Å². The van der Waals surface area contributed by atoms with Crippen molar-refractivity contribution in [3.8, 4) is 50.6 Å². The molecule has 0 atom stereocenters. The summed E-state index contributed by atoms with van der Waals surface area (Å²) in [6.07, 6.45) is 4.05. The molecular formula is C64H42N2O. The van der Waals surface area contributed by atoms with Crippen molar-refractivity contribution in [2.75, 3.05) is 0 Å². The summed E-state index contributed by atoms with van der Waals surface area (Å²) < 4.78 is 2.44. The third-order valence-corrected chi connectivity index (χ3v) is 16.4. The van der Waals surface area contributed by atoms with Crippen molar-refractivity contribution in [2.45, 2.75) is 43.4 Å². The first-order chi connectivity index (χ1) is 33.1. The van der Waals surface area contributed by atoms with Crippen LogP contribution >= 0.6 is 0 Å². The summed E-state index contributed by atoms with van der Waals surface area (Å²) >= 11 is 0. The molecule has 0 amide bonds. The van der Waals surface area contributed by atoms with Crippen LogP contribution in [-0.2, 0) is 0 Å². The number of benzene rings is 9. The molecule has 0 spiro atoms. The molecule has 0 aliphatic heterocycles. The number of carbonyl (C=O) groups is 1. The molecule has 3 nitrogen and oxygen atoms in total. The third-order valence-electron chi connectivity index (χ3n) is 16.4. The van der Waals surface area contributed by atoms with E-state index in [0.29, 0.717) is 11.7 Å². The number of nitrogens with zero attached hydrogens (tertiary/aromatic N) is 2. The molecular weight excluding hydrogens is 813 g/mol. The van der Waals surface area contributed by atoms with Crippen molar-refractivity contribution < 1.29 is 4.79 Å². The summed E-state index contributed by atoms with van der Waals surface area (Å²) in [5.74, 6) is 0.688.